The maximum Gasteiger partial charge on any atom is 0.170 e. The number of aromatic nitrogens is 2. The standard InChI is InChI=1S/C23H25FN4O2/c1-15(8-12-29-21-4-2-3-19-17(21)7-9-26-19)28-11-10-25-14-20(28)23-18-6-5-16(24)13-22(18)30-27-23/h2-7,9,13,15,20,25-26H,8,10-12,14H2,1H3. The van der Waals surface area contributed by atoms with E-state index in [4.69, 9.17) is 9.26 Å². The van der Waals surface area contributed by atoms with Gasteiger partial charge < -0.3 is 19.6 Å². The van der Waals surface area contributed by atoms with Gasteiger partial charge in [-0.1, -0.05) is 11.2 Å². The first-order valence-corrected chi connectivity index (χ1v) is 10.4. The third kappa shape index (κ3) is 3.55. The summed E-state index contributed by atoms with van der Waals surface area (Å²) in [5, 5.41) is 9.72. The van der Waals surface area contributed by atoms with Gasteiger partial charge in [0.05, 0.1) is 12.6 Å². The van der Waals surface area contributed by atoms with Crippen molar-refractivity contribution in [2.75, 3.05) is 26.2 Å². The molecule has 2 atom stereocenters. The second-order valence-electron chi connectivity index (χ2n) is 7.85. The number of nitrogens with one attached hydrogen (secondary N) is 2. The number of rotatable bonds is 6. The molecule has 3 heterocycles. The zero-order valence-electron chi connectivity index (χ0n) is 16.9. The lowest BCUT2D eigenvalue weighted by molar-refractivity contribution is 0.0956. The van der Waals surface area contributed by atoms with Crippen LogP contribution < -0.4 is 10.1 Å². The molecule has 6 nitrogen and oxygen atoms in total. The maximum atomic E-state index is 13.5. The highest BCUT2D eigenvalue weighted by Gasteiger charge is 2.31. The Morgan fingerprint density at radius 1 is 1.27 bits per heavy atom. The fourth-order valence-corrected chi connectivity index (χ4v) is 4.36. The quantitative estimate of drug-likeness (QED) is 0.499. The van der Waals surface area contributed by atoms with Gasteiger partial charge in [-0.3, -0.25) is 4.90 Å². The highest BCUT2D eigenvalue weighted by atomic mass is 19.1. The molecule has 1 aliphatic heterocycles. The normalized spacial score (nSPS) is 18.8. The van der Waals surface area contributed by atoms with Gasteiger partial charge in [0.25, 0.3) is 0 Å². The summed E-state index contributed by atoms with van der Waals surface area (Å²) in [6, 6.07) is 13.1. The van der Waals surface area contributed by atoms with Crippen molar-refractivity contribution in [2.24, 2.45) is 0 Å². The van der Waals surface area contributed by atoms with E-state index in [2.05, 4.69) is 27.3 Å². The van der Waals surface area contributed by atoms with Gasteiger partial charge >= 0.3 is 0 Å². The number of nitrogens with zero attached hydrogens (tertiary/aromatic N) is 2. The van der Waals surface area contributed by atoms with Gasteiger partial charge in [0.15, 0.2) is 5.58 Å². The molecule has 0 radical (unpaired) electrons. The van der Waals surface area contributed by atoms with Crippen LogP contribution in [0.2, 0.25) is 0 Å². The lowest BCUT2D eigenvalue weighted by atomic mass is 10.0. The zero-order chi connectivity index (χ0) is 20.5. The molecule has 0 bridgehead atoms. The Labute approximate surface area is 174 Å². The van der Waals surface area contributed by atoms with Gasteiger partial charge in [-0.05, 0) is 43.7 Å². The van der Waals surface area contributed by atoms with Crippen LogP contribution in [0, 0.1) is 5.82 Å². The zero-order valence-corrected chi connectivity index (χ0v) is 16.9. The Hall–Kier alpha value is -2.90. The van der Waals surface area contributed by atoms with E-state index in [1.807, 2.05) is 30.5 Å². The number of halogens is 1. The fraction of sp³-hybridized carbons (Fsp3) is 0.348. The lowest BCUT2D eigenvalue weighted by Crippen LogP contribution is -2.50. The second kappa shape index (κ2) is 8.08. The van der Waals surface area contributed by atoms with Gasteiger partial charge in [-0.2, -0.15) is 0 Å². The van der Waals surface area contributed by atoms with Crippen LogP contribution in [0.5, 0.6) is 5.75 Å². The number of hydrogen-bond donors (Lipinski definition) is 2. The maximum absolute atomic E-state index is 13.5. The molecule has 0 spiro atoms. The number of fused-ring (bicyclic) bond motifs is 2. The van der Waals surface area contributed by atoms with Crippen molar-refractivity contribution in [1.82, 2.24) is 20.4 Å². The van der Waals surface area contributed by atoms with E-state index in [0.29, 0.717) is 18.2 Å². The molecule has 0 saturated carbocycles. The first kappa shape index (κ1) is 19.1. The average Bonchev–Trinajstić information content (AvgIpc) is 3.40. The van der Waals surface area contributed by atoms with Crippen molar-refractivity contribution < 1.29 is 13.7 Å². The molecular formula is C23H25FN4O2. The summed E-state index contributed by atoms with van der Waals surface area (Å²) in [7, 11) is 0. The molecule has 0 amide bonds. The first-order chi connectivity index (χ1) is 14.7. The van der Waals surface area contributed by atoms with Gasteiger partial charge in [-0.15, -0.1) is 0 Å². The minimum Gasteiger partial charge on any atom is -0.493 e. The molecular weight excluding hydrogens is 383 g/mol. The van der Waals surface area contributed by atoms with Crippen LogP contribution >= 0.6 is 0 Å². The number of piperazine rings is 1. The molecule has 7 heteroatoms. The number of aromatic amines is 1. The Balaban J connectivity index is 1.29. The molecule has 4 aromatic rings. The molecule has 1 fully saturated rings. The van der Waals surface area contributed by atoms with Crippen LogP contribution in [-0.2, 0) is 0 Å². The minimum absolute atomic E-state index is 0.0774. The molecule has 2 aromatic carbocycles. The molecule has 0 aliphatic carbocycles. The summed E-state index contributed by atoms with van der Waals surface area (Å²) in [5.74, 6) is 0.592. The Bertz CT molecular complexity index is 1150. The predicted octanol–water partition coefficient (Wildman–Crippen LogP) is 4.25. The SMILES string of the molecule is CC(CCOc1cccc2[nH]ccc12)N1CCNCC1c1noc2cc(F)ccc12. The van der Waals surface area contributed by atoms with Crippen LogP contribution in [0.25, 0.3) is 21.9 Å². The number of benzene rings is 2. The molecule has 5 rings (SSSR count). The smallest absolute Gasteiger partial charge is 0.170 e. The van der Waals surface area contributed by atoms with Crippen LogP contribution in [-0.4, -0.2) is 47.3 Å². The molecule has 156 valence electrons. The number of H-pyrrole nitrogens is 1. The fourth-order valence-electron chi connectivity index (χ4n) is 4.36. The topological polar surface area (TPSA) is 66.3 Å². The number of ether oxygens (including phenoxy) is 1. The summed E-state index contributed by atoms with van der Waals surface area (Å²) < 4.78 is 25.0. The van der Waals surface area contributed by atoms with Gasteiger partial charge in [-0.25, -0.2) is 4.39 Å². The van der Waals surface area contributed by atoms with Gasteiger partial charge in [0.2, 0.25) is 0 Å². The van der Waals surface area contributed by atoms with Crippen LogP contribution in [0.1, 0.15) is 25.1 Å². The minimum atomic E-state index is -0.313. The van der Waals surface area contributed by atoms with Gasteiger partial charge in [0, 0.05) is 54.2 Å². The molecule has 2 unspecified atom stereocenters. The monoisotopic (exact) mass is 408 g/mol. The average molecular weight is 408 g/mol. The Morgan fingerprint density at radius 3 is 3.13 bits per heavy atom. The molecule has 1 aliphatic rings. The largest absolute Gasteiger partial charge is 0.493 e. The van der Waals surface area contributed by atoms with Crippen molar-refractivity contribution in [3.63, 3.8) is 0 Å². The van der Waals surface area contributed by atoms with E-state index in [9.17, 15) is 4.39 Å². The van der Waals surface area contributed by atoms with E-state index in [0.717, 1.165) is 53.8 Å². The Kier molecular flexibility index (Phi) is 5.14. The van der Waals surface area contributed by atoms with Crippen molar-refractivity contribution in [3.8, 4) is 5.75 Å². The van der Waals surface area contributed by atoms with Crippen LogP contribution in [0.3, 0.4) is 0 Å². The highest BCUT2D eigenvalue weighted by Crippen LogP contribution is 2.31. The van der Waals surface area contributed by atoms with E-state index < -0.39 is 0 Å². The molecule has 30 heavy (non-hydrogen) atoms. The van der Waals surface area contributed by atoms with E-state index in [1.54, 1.807) is 6.07 Å². The first-order valence-electron chi connectivity index (χ1n) is 10.4. The van der Waals surface area contributed by atoms with E-state index >= 15 is 0 Å². The summed E-state index contributed by atoms with van der Waals surface area (Å²) >= 11 is 0. The van der Waals surface area contributed by atoms with Crippen LogP contribution in [0.15, 0.2) is 53.2 Å². The van der Waals surface area contributed by atoms with Crippen LogP contribution in [0.4, 0.5) is 4.39 Å². The Morgan fingerprint density at radius 2 is 2.20 bits per heavy atom. The molecule has 2 N–H and O–H groups in total. The predicted molar refractivity (Wildman–Crippen MR) is 114 cm³/mol. The highest BCUT2D eigenvalue weighted by molar-refractivity contribution is 5.85. The third-order valence-corrected chi connectivity index (χ3v) is 5.98. The van der Waals surface area contributed by atoms with Crippen molar-refractivity contribution in [3.05, 3.63) is 60.2 Å². The number of hydrogen-bond acceptors (Lipinski definition) is 5. The van der Waals surface area contributed by atoms with E-state index in [1.165, 1.54) is 12.1 Å². The van der Waals surface area contributed by atoms with Gasteiger partial charge in [0.1, 0.15) is 17.3 Å². The van der Waals surface area contributed by atoms with Crippen molar-refractivity contribution in [2.45, 2.75) is 25.4 Å². The third-order valence-electron chi connectivity index (χ3n) is 5.98. The lowest BCUT2D eigenvalue weighted by Gasteiger charge is -2.39. The summed E-state index contributed by atoms with van der Waals surface area (Å²) in [5.41, 5.74) is 2.44. The molecule has 1 saturated heterocycles. The summed E-state index contributed by atoms with van der Waals surface area (Å²) in [6.45, 7) is 5.48. The van der Waals surface area contributed by atoms with Crippen molar-refractivity contribution >= 4 is 21.9 Å². The summed E-state index contributed by atoms with van der Waals surface area (Å²) in [4.78, 5) is 5.66. The second-order valence-corrected chi connectivity index (χ2v) is 7.85. The van der Waals surface area contributed by atoms with Crippen molar-refractivity contribution in [1.29, 1.82) is 0 Å². The van der Waals surface area contributed by atoms with E-state index in [-0.39, 0.29) is 11.9 Å². The molecule has 2 aromatic heterocycles. The summed E-state index contributed by atoms with van der Waals surface area (Å²) in [6.07, 6.45) is 2.82.